The van der Waals surface area contributed by atoms with Crippen molar-refractivity contribution in [3.63, 3.8) is 0 Å². The van der Waals surface area contributed by atoms with Crippen molar-refractivity contribution in [2.75, 3.05) is 31.5 Å². The van der Waals surface area contributed by atoms with E-state index in [1.165, 1.54) is 31.1 Å². The van der Waals surface area contributed by atoms with Crippen LogP contribution in [0.2, 0.25) is 0 Å². The number of aryl methyl sites for hydroxylation is 1. The molecule has 38 heavy (non-hydrogen) atoms. The van der Waals surface area contributed by atoms with E-state index in [4.69, 9.17) is 0 Å². The molecule has 0 bridgehead atoms. The van der Waals surface area contributed by atoms with Crippen molar-refractivity contribution in [3.05, 3.63) is 53.9 Å². The Labute approximate surface area is 222 Å². The molecule has 2 saturated heterocycles. The summed E-state index contributed by atoms with van der Waals surface area (Å²) in [4.78, 5) is 22.8. The summed E-state index contributed by atoms with van der Waals surface area (Å²) in [7, 11) is 1.90. The van der Waals surface area contributed by atoms with E-state index in [0.29, 0.717) is 22.6 Å². The smallest absolute Gasteiger partial charge is 0.229 e. The molecule has 6 heterocycles. The van der Waals surface area contributed by atoms with Crippen LogP contribution < -0.4 is 5.32 Å². The Morgan fingerprint density at radius 3 is 2.74 bits per heavy atom. The van der Waals surface area contributed by atoms with Crippen molar-refractivity contribution < 1.29 is 4.39 Å². The number of nitrogens with zero attached hydrogens (tertiary/aromatic N) is 8. The first-order valence-corrected chi connectivity index (χ1v) is 13.3. The van der Waals surface area contributed by atoms with E-state index >= 15 is 0 Å². The van der Waals surface area contributed by atoms with Gasteiger partial charge in [-0.15, -0.1) is 0 Å². The number of fused-ring (bicyclic) bond motifs is 2. The number of halogens is 1. The third kappa shape index (κ3) is 4.63. The molecule has 0 aromatic carbocycles. The Balaban J connectivity index is 1.18. The van der Waals surface area contributed by atoms with Gasteiger partial charge in [-0.25, -0.2) is 24.3 Å². The average molecular weight is 516 g/mol. The predicted molar refractivity (Wildman–Crippen MR) is 146 cm³/mol. The van der Waals surface area contributed by atoms with Crippen LogP contribution >= 0.6 is 0 Å². The van der Waals surface area contributed by atoms with Gasteiger partial charge in [0.25, 0.3) is 0 Å². The lowest BCUT2D eigenvalue weighted by molar-refractivity contribution is 0.0359. The van der Waals surface area contributed by atoms with Gasteiger partial charge in [0.2, 0.25) is 5.95 Å². The van der Waals surface area contributed by atoms with Gasteiger partial charge in [-0.2, -0.15) is 5.10 Å². The van der Waals surface area contributed by atoms with Gasteiger partial charge in [0, 0.05) is 62.1 Å². The summed E-state index contributed by atoms with van der Waals surface area (Å²) >= 11 is 0. The SMILES string of the molecule is CC(C)c1c2cc(-c3nc(Nc4ccc(CN5CCN6CCC[C@]6(C)C5)cn4)ncc3F)cnc2nn1C. The van der Waals surface area contributed by atoms with E-state index in [1.54, 1.807) is 6.20 Å². The van der Waals surface area contributed by atoms with E-state index in [-0.39, 0.29) is 17.6 Å². The normalized spacial score (nSPS) is 20.4. The fraction of sp³-hybridized carbons (Fsp3) is 0.464. The lowest BCUT2D eigenvalue weighted by Gasteiger charge is -2.45. The second-order valence-corrected chi connectivity index (χ2v) is 11.1. The highest BCUT2D eigenvalue weighted by molar-refractivity contribution is 5.83. The standard InChI is InChI=1S/C28H34FN9/c1-18(2)25-21-12-20(14-31-26(21)35-36(25)4)24-22(29)15-32-27(34-24)33-23-7-6-19(13-30-23)16-37-10-11-38-9-5-8-28(38,3)17-37/h6-7,12-15,18H,5,8-11,16-17H2,1-4H3,(H,30,32,33,34)/t28-/m1/s1. The minimum absolute atomic E-state index is 0.187. The molecule has 0 radical (unpaired) electrons. The summed E-state index contributed by atoms with van der Waals surface area (Å²) in [6.45, 7) is 12.0. The van der Waals surface area contributed by atoms with Crippen LogP contribution in [0.25, 0.3) is 22.3 Å². The molecule has 198 valence electrons. The van der Waals surface area contributed by atoms with Gasteiger partial charge in [-0.05, 0) is 49.9 Å². The number of piperazine rings is 1. The zero-order valence-corrected chi connectivity index (χ0v) is 22.4. The molecule has 4 aromatic heterocycles. The molecular formula is C28H34FN9. The fourth-order valence-electron chi connectivity index (χ4n) is 6.10. The third-order valence-corrected chi connectivity index (χ3v) is 7.93. The highest BCUT2D eigenvalue weighted by Crippen LogP contribution is 2.33. The summed E-state index contributed by atoms with van der Waals surface area (Å²) in [5.74, 6) is 0.633. The van der Waals surface area contributed by atoms with Crippen LogP contribution in [0.5, 0.6) is 0 Å². The number of rotatable bonds is 6. The largest absolute Gasteiger partial charge is 0.309 e. The monoisotopic (exact) mass is 515 g/mol. The molecule has 0 spiro atoms. The van der Waals surface area contributed by atoms with Crippen LogP contribution in [0.3, 0.4) is 0 Å². The Kier molecular flexibility index (Phi) is 6.31. The van der Waals surface area contributed by atoms with Gasteiger partial charge < -0.3 is 5.32 Å². The number of hydrogen-bond donors (Lipinski definition) is 1. The van der Waals surface area contributed by atoms with Crippen molar-refractivity contribution in [2.45, 2.75) is 51.6 Å². The van der Waals surface area contributed by atoms with Crippen LogP contribution in [0.1, 0.15) is 50.8 Å². The van der Waals surface area contributed by atoms with Gasteiger partial charge in [0.15, 0.2) is 11.5 Å². The van der Waals surface area contributed by atoms with E-state index < -0.39 is 5.82 Å². The quantitative estimate of drug-likeness (QED) is 0.402. The molecule has 2 fully saturated rings. The molecule has 4 aromatic rings. The van der Waals surface area contributed by atoms with Crippen LogP contribution in [-0.2, 0) is 13.6 Å². The highest BCUT2D eigenvalue weighted by atomic mass is 19.1. The number of nitrogens with one attached hydrogen (secondary N) is 1. The van der Waals surface area contributed by atoms with Crippen molar-refractivity contribution in [2.24, 2.45) is 7.05 Å². The number of hydrogen-bond acceptors (Lipinski definition) is 8. The maximum Gasteiger partial charge on any atom is 0.229 e. The Morgan fingerprint density at radius 1 is 1.08 bits per heavy atom. The van der Waals surface area contributed by atoms with Gasteiger partial charge >= 0.3 is 0 Å². The van der Waals surface area contributed by atoms with Crippen LogP contribution in [0, 0.1) is 5.82 Å². The van der Waals surface area contributed by atoms with Gasteiger partial charge in [0.05, 0.1) is 11.9 Å². The van der Waals surface area contributed by atoms with E-state index in [9.17, 15) is 4.39 Å². The van der Waals surface area contributed by atoms with Crippen LogP contribution in [-0.4, -0.2) is 71.2 Å². The molecule has 0 saturated carbocycles. The maximum atomic E-state index is 14.8. The molecule has 0 amide bonds. The van der Waals surface area contributed by atoms with Crippen molar-refractivity contribution >= 4 is 22.8 Å². The molecule has 10 heteroatoms. The first-order chi connectivity index (χ1) is 18.3. The summed E-state index contributed by atoms with van der Waals surface area (Å²) in [5, 5.41) is 8.50. The molecule has 1 N–H and O–H groups in total. The zero-order chi connectivity index (χ0) is 26.4. The highest BCUT2D eigenvalue weighted by Gasteiger charge is 2.40. The van der Waals surface area contributed by atoms with Crippen LogP contribution in [0.4, 0.5) is 16.2 Å². The first-order valence-electron chi connectivity index (χ1n) is 13.3. The topological polar surface area (TPSA) is 87.9 Å². The molecule has 0 aliphatic carbocycles. The number of pyridine rings is 2. The maximum absolute atomic E-state index is 14.8. The zero-order valence-electron chi connectivity index (χ0n) is 22.4. The van der Waals surface area contributed by atoms with Gasteiger partial charge in [-0.3, -0.25) is 14.5 Å². The van der Waals surface area contributed by atoms with E-state index in [0.717, 1.165) is 37.3 Å². The number of aromatic nitrogens is 6. The average Bonchev–Trinajstić information content (AvgIpc) is 3.44. The molecule has 1 atom stereocenters. The Bertz CT molecular complexity index is 1470. The molecule has 2 aliphatic heterocycles. The number of anilines is 2. The van der Waals surface area contributed by atoms with Crippen molar-refractivity contribution in [1.29, 1.82) is 0 Å². The van der Waals surface area contributed by atoms with Crippen molar-refractivity contribution in [1.82, 2.24) is 39.5 Å². The lowest BCUT2D eigenvalue weighted by atomic mass is 9.95. The van der Waals surface area contributed by atoms with E-state index in [1.807, 2.05) is 30.1 Å². The predicted octanol–water partition coefficient (Wildman–Crippen LogP) is 4.50. The third-order valence-electron chi connectivity index (χ3n) is 7.93. The van der Waals surface area contributed by atoms with E-state index in [2.05, 4.69) is 67.0 Å². The molecule has 0 unspecified atom stereocenters. The molecule has 9 nitrogen and oxygen atoms in total. The molecule has 2 aliphatic rings. The second-order valence-electron chi connectivity index (χ2n) is 11.1. The minimum atomic E-state index is -0.508. The summed E-state index contributed by atoms with van der Waals surface area (Å²) in [6.07, 6.45) is 7.25. The molecule has 6 rings (SSSR count). The molecular weight excluding hydrogens is 481 g/mol. The van der Waals surface area contributed by atoms with Gasteiger partial charge in [0.1, 0.15) is 11.5 Å². The summed E-state index contributed by atoms with van der Waals surface area (Å²) in [5.41, 5.74) is 3.92. The summed E-state index contributed by atoms with van der Waals surface area (Å²) in [6, 6.07) is 5.91. The second kappa shape index (κ2) is 9.67. The minimum Gasteiger partial charge on any atom is -0.309 e. The van der Waals surface area contributed by atoms with Crippen LogP contribution in [0.15, 0.2) is 36.8 Å². The first kappa shape index (κ1) is 24.8. The Hall–Kier alpha value is -3.50. The fourth-order valence-corrected chi connectivity index (χ4v) is 6.10. The summed E-state index contributed by atoms with van der Waals surface area (Å²) < 4.78 is 16.7. The van der Waals surface area contributed by atoms with Gasteiger partial charge in [-0.1, -0.05) is 19.9 Å². The lowest BCUT2D eigenvalue weighted by Crippen LogP contribution is -2.57. The van der Waals surface area contributed by atoms with Crippen molar-refractivity contribution in [3.8, 4) is 11.3 Å². The Morgan fingerprint density at radius 2 is 1.95 bits per heavy atom.